The summed E-state index contributed by atoms with van der Waals surface area (Å²) in [5, 5.41) is 0. The molecule has 0 rings (SSSR count). The van der Waals surface area contributed by atoms with Crippen LogP contribution in [0.5, 0.6) is 0 Å². The van der Waals surface area contributed by atoms with E-state index in [0.717, 1.165) is 6.04 Å². The Hall–Kier alpha value is 0.137. The highest BCUT2D eigenvalue weighted by Crippen LogP contribution is 2.01. The van der Waals surface area contributed by atoms with Gasteiger partial charge in [-0.1, -0.05) is 27.2 Å². The predicted octanol–water partition coefficient (Wildman–Crippen LogP) is 1.94. The summed E-state index contributed by atoms with van der Waals surface area (Å²) in [5.41, 5.74) is 0. The van der Waals surface area contributed by atoms with Gasteiger partial charge in [0.15, 0.2) is 0 Å². The monoisotopic (exact) mass is 164 g/mol. The number of hydrogen-bond donors (Lipinski definition) is 0. The van der Waals surface area contributed by atoms with Crippen molar-refractivity contribution >= 4 is 9.28 Å². The molecule has 0 aliphatic heterocycles. The van der Waals surface area contributed by atoms with Crippen LogP contribution < -0.4 is 0 Å². The SMILES string of the molecule is C.CCCC[SiH](OC)OC. The Labute approximate surface area is 66.4 Å². The Kier molecular flexibility index (Phi) is 11.7. The first-order valence-corrected chi connectivity index (χ1v) is 5.16. The summed E-state index contributed by atoms with van der Waals surface area (Å²) in [6.45, 7) is 2.18. The molecule has 0 N–H and O–H groups in total. The molecule has 10 heavy (non-hydrogen) atoms. The summed E-state index contributed by atoms with van der Waals surface area (Å²) in [6, 6.07) is 1.14. The van der Waals surface area contributed by atoms with Crippen molar-refractivity contribution in [1.29, 1.82) is 0 Å². The van der Waals surface area contributed by atoms with E-state index in [4.69, 9.17) is 8.85 Å². The fourth-order valence-corrected chi connectivity index (χ4v) is 2.11. The van der Waals surface area contributed by atoms with Gasteiger partial charge in [0, 0.05) is 14.2 Å². The summed E-state index contributed by atoms with van der Waals surface area (Å²) in [6.07, 6.45) is 2.47. The molecule has 0 aliphatic carbocycles. The normalized spacial score (nSPS) is 9.60. The molecule has 0 amide bonds. The smallest absolute Gasteiger partial charge is 0.320 e. The lowest BCUT2D eigenvalue weighted by Gasteiger charge is -2.08. The molecule has 0 radical (unpaired) electrons. The topological polar surface area (TPSA) is 18.5 Å². The van der Waals surface area contributed by atoms with Crippen molar-refractivity contribution in [2.45, 2.75) is 33.2 Å². The van der Waals surface area contributed by atoms with Crippen LogP contribution in [0.15, 0.2) is 0 Å². The van der Waals surface area contributed by atoms with E-state index in [2.05, 4.69) is 6.92 Å². The van der Waals surface area contributed by atoms with Crippen molar-refractivity contribution < 1.29 is 8.85 Å². The van der Waals surface area contributed by atoms with Gasteiger partial charge < -0.3 is 8.85 Å². The third-order valence-corrected chi connectivity index (χ3v) is 3.25. The van der Waals surface area contributed by atoms with Gasteiger partial charge in [-0.2, -0.15) is 0 Å². The zero-order valence-corrected chi connectivity index (χ0v) is 7.67. The number of unbranched alkanes of at least 4 members (excludes halogenated alkanes) is 1. The molecule has 0 bridgehead atoms. The van der Waals surface area contributed by atoms with Crippen LogP contribution in [0.1, 0.15) is 27.2 Å². The van der Waals surface area contributed by atoms with Crippen LogP contribution in [0.4, 0.5) is 0 Å². The molecule has 0 unspecified atom stereocenters. The van der Waals surface area contributed by atoms with Gasteiger partial charge in [-0.05, 0) is 6.04 Å². The van der Waals surface area contributed by atoms with E-state index in [1.807, 2.05) is 0 Å². The third-order valence-electron chi connectivity index (χ3n) is 1.32. The number of hydrogen-bond acceptors (Lipinski definition) is 2. The maximum Gasteiger partial charge on any atom is 0.320 e. The van der Waals surface area contributed by atoms with Crippen LogP contribution in [-0.4, -0.2) is 23.5 Å². The van der Waals surface area contributed by atoms with Crippen LogP contribution in [0.3, 0.4) is 0 Å². The second kappa shape index (κ2) is 9.14. The number of rotatable bonds is 5. The zero-order valence-electron chi connectivity index (χ0n) is 6.52. The first-order valence-electron chi connectivity index (χ1n) is 3.40. The Morgan fingerprint density at radius 3 is 2.00 bits per heavy atom. The van der Waals surface area contributed by atoms with Crippen LogP contribution >= 0.6 is 0 Å². The molecule has 0 aromatic carbocycles. The van der Waals surface area contributed by atoms with Gasteiger partial charge >= 0.3 is 9.28 Å². The van der Waals surface area contributed by atoms with Gasteiger partial charge in [-0.15, -0.1) is 0 Å². The summed E-state index contributed by atoms with van der Waals surface area (Å²) in [4.78, 5) is 0. The van der Waals surface area contributed by atoms with Crippen molar-refractivity contribution in [3.8, 4) is 0 Å². The molecule has 0 aliphatic rings. The molecule has 0 heterocycles. The lowest BCUT2D eigenvalue weighted by Crippen LogP contribution is -2.18. The van der Waals surface area contributed by atoms with Gasteiger partial charge in [0.2, 0.25) is 0 Å². The predicted molar refractivity (Wildman–Crippen MR) is 47.6 cm³/mol. The first kappa shape index (κ1) is 12.8. The molecule has 0 aromatic rings. The minimum atomic E-state index is -1.21. The molecule has 0 saturated heterocycles. The quantitative estimate of drug-likeness (QED) is 0.578. The third kappa shape index (κ3) is 6.26. The molecular formula is C7H20O2Si. The van der Waals surface area contributed by atoms with E-state index in [9.17, 15) is 0 Å². The molecule has 64 valence electrons. The van der Waals surface area contributed by atoms with Crippen molar-refractivity contribution in [1.82, 2.24) is 0 Å². The fourth-order valence-electron chi connectivity index (χ4n) is 0.703. The van der Waals surface area contributed by atoms with Crippen molar-refractivity contribution in [2.75, 3.05) is 14.2 Å². The van der Waals surface area contributed by atoms with Gasteiger partial charge in [-0.3, -0.25) is 0 Å². The van der Waals surface area contributed by atoms with E-state index in [-0.39, 0.29) is 7.43 Å². The van der Waals surface area contributed by atoms with E-state index < -0.39 is 9.28 Å². The molecule has 0 saturated carbocycles. The maximum atomic E-state index is 5.12. The largest absolute Gasteiger partial charge is 0.400 e. The van der Waals surface area contributed by atoms with Crippen molar-refractivity contribution in [3.63, 3.8) is 0 Å². The Morgan fingerprint density at radius 2 is 1.70 bits per heavy atom. The summed E-state index contributed by atoms with van der Waals surface area (Å²) < 4.78 is 10.2. The lowest BCUT2D eigenvalue weighted by molar-refractivity contribution is 0.276. The maximum absolute atomic E-state index is 5.12. The first-order chi connectivity index (χ1) is 4.35. The summed E-state index contributed by atoms with van der Waals surface area (Å²) in [7, 11) is 2.25. The highest BCUT2D eigenvalue weighted by Gasteiger charge is 2.06. The highest BCUT2D eigenvalue weighted by molar-refractivity contribution is 6.44. The molecule has 0 aromatic heterocycles. The van der Waals surface area contributed by atoms with Gasteiger partial charge in [0.05, 0.1) is 0 Å². The molecule has 0 spiro atoms. The Morgan fingerprint density at radius 1 is 1.20 bits per heavy atom. The second-order valence-corrected chi connectivity index (χ2v) is 4.42. The Balaban J connectivity index is 0. The van der Waals surface area contributed by atoms with Crippen molar-refractivity contribution in [2.24, 2.45) is 0 Å². The lowest BCUT2D eigenvalue weighted by atomic mass is 10.4. The van der Waals surface area contributed by atoms with Crippen LogP contribution in [0.2, 0.25) is 6.04 Å². The average Bonchev–Trinajstić information content (AvgIpc) is 1.91. The molecular weight excluding hydrogens is 144 g/mol. The van der Waals surface area contributed by atoms with Crippen molar-refractivity contribution in [3.05, 3.63) is 0 Å². The van der Waals surface area contributed by atoms with Crippen LogP contribution in [0.25, 0.3) is 0 Å². The van der Waals surface area contributed by atoms with Crippen LogP contribution in [-0.2, 0) is 8.85 Å². The second-order valence-electron chi connectivity index (χ2n) is 2.04. The molecule has 0 fully saturated rings. The van der Waals surface area contributed by atoms with Crippen LogP contribution in [0, 0.1) is 0 Å². The Bertz CT molecular complexity index is 55.6. The summed E-state index contributed by atoms with van der Waals surface area (Å²) >= 11 is 0. The molecule has 3 heteroatoms. The van der Waals surface area contributed by atoms with E-state index >= 15 is 0 Å². The van der Waals surface area contributed by atoms with E-state index in [0.29, 0.717) is 0 Å². The minimum absolute atomic E-state index is 0. The average molecular weight is 164 g/mol. The highest BCUT2D eigenvalue weighted by atomic mass is 28.3. The molecule has 0 atom stereocenters. The standard InChI is InChI=1S/C6H16O2Si.CH4/c1-4-5-6-9(7-2)8-3;/h9H,4-6H2,1-3H3;1H4. The zero-order chi connectivity index (χ0) is 7.11. The van der Waals surface area contributed by atoms with E-state index in [1.165, 1.54) is 12.8 Å². The fraction of sp³-hybridized carbons (Fsp3) is 1.00. The van der Waals surface area contributed by atoms with Gasteiger partial charge in [0.25, 0.3) is 0 Å². The van der Waals surface area contributed by atoms with E-state index in [1.54, 1.807) is 14.2 Å². The minimum Gasteiger partial charge on any atom is -0.400 e. The summed E-state index contributed by atoms with van der Waals surface area (Å²) in [5.74, 6) is 0. The van der Waals surface area contributed by atoms with Gasteiger partial charge in [0.1, 0.15) is 0 Å². The van der Waals surface area contributed by atoms with Gasteiger partial charge in [-0.25, -0.2) is 0 Å². The molecule has 2 nitrogen and oxygen atoms in total.